The number of thiophene rings is 1. The van der Waals surface area contributed by atoms with Gasteiger partial charge >= 0.3 is 0 Å². The average molecular weight is 243 g/mol. The Morgan fingerprint density at radius 3 is 3.18 bits per heavy atom. The maximum absolute atomic E-state index is 8.33. The van der Waals surface area contributed by atoms with E-state index < -0.39 is 0 Å². The molecule has 0 aliphatic carbocycles. The molecule has 0 saturated carbocycles. The second-order valence-electron chi connectivity index (χ2n) is 3.25. The molecule has 5 nitrogen and oxygen atoms in total. The predicted octanol–water partition coefficient (Wildman–Crippen LogP) is 3.06. The minimum absolute atomic E-state index is 0.260. The van der Waals surface area contributed by atoms with E-state index in [2.05, 4.69) is 21.0 Å². The van der Waals surface area contributed by atoms with E-state index in [1.54, 1.807) is 16.0 Å². The van der Waals surface area contributed by atoms with Crippen molar-refractivity contribution in [3.05, 3.63) is 39.7 Å². The molecule has 0 aromatic carbocycles. The highest BCUT2D eigenvalue weighted by atomic mass is 32.1. The molecule has 0 atom stereocenters. The molecule has 0 fully saturated rings. The van der Waals surface area contributed by atoms with Crippen molar-refractivity contribution in [3.8, 4) is 22.9 Å². The molecule has 0 aliphatic heterocycles. The third-order valence-corrected chi connectivity index (χ3v) is 3.07. The standard InChI is InChI=1S/C11H9N5S/c1-2-5-16-9(8-13-15-12)7-10(14-16)11-4-3-6-17-11/h1,3-4,6-7H,5,8H2. The van der Waals surface area contributed by atoms with Gasteiger partial charge in [-0.05, 0) is 23.0 Å². The second-order valence-corrected chi connectivity index (χ2v) is 4.20. The Morgan fingerprint density at radius 1 is 1.65 bits per heavy atom. The number of hydrogen-bond acceptors (Lipinski definition) is 3. The second kappa shape index (κ2) is 5.21. The minimum atomic E-state index is 0.260. The smallest absolute Gasteiger partial charge is 0.103 e. The van der Waals surface area contributed by atoms with Gasteiger partial charge in [0.05, 0.1) is 11.4 Å². The number of nitrogens with zero attached hydrogens (tertiary/aromatic N) is 5. The molecule has 0 radical (unpaired) electrons. The summed E-state index contributed by atoms with van der Waals surface area (Å²) in [6.45, 7) is 0.637. The van der Waals surface area contributed by atoms with E-state index in [1.165, 1.54) is 0 Å². The van der Waals surface area contributed by atoms with Gasteiger partial charge in [-0.15, -0.1) is 17.8 Å². The van der Waals surface area contributed by atoms with Crippen molar-refractivity contribution in [1.29, 1.82) is 0 Å². The Bertz CT molecular complexity index is 584. The van der Waals surface area contributed by atoms with Crippen molar-refractivity contribution in [2.75, 3.05) is 0 Å². The summed E-state index contributed by atoms with van der Waals surface area (Å²) in [7, 11) is 0. The number of rotatable bonds is 4. The molecule has 17 heavy (non-hydrogen) atoms. The van der Waals surface area contributed by atoms with Crippen molar-refractivity contribution in [2.24, 2.45) is 5.11 Å². The zero-order chi connectivity index (χ0) is 12.1. The van der Waals surface area contributed by atoms with E-state index in [-0.39, 0.29) is 6.54 Å². The number of terminal acetylenes is 1. The SMILES string of the molecule is C#CCn1nc(-c2cccs2)cc1CN=[N+]=[N-]. The van der Waals surface area contributed by atoms with E-state index >= 15 is 0 Å². The van der Waals surface area contributed by atoms with Crippen LogP contribution in [0.25, 0.3) is 21.0 Å². The monoisotopic (exact) mass is 243 g/mol. The number of aromatic nitrogens is 2. The van der Waals surface area contributed by atoms with Crippen LogP contribution in [0.4, 0.5) is 0 Å². The van der Waals surface area contributed by atoms with Crippen LogP contribution in [0.5, 0.6) is 0 Å². The van der Waals surface area contributed by atoms with Crippen LogP contribution in [0.2, 0.25) is 0 Å². The third kappa shape index (κ3) is 2.48. The van der Waals surface area contributed by atoms with Gasteiger partial charge < -0.3 is 0 Å². The summed E-state index contributed by atoms with van der Waals surface area (Å²) in [5.41, 5.74) is 10.0. The minimum Gasteiger partial charge on any atom is -0.257 e. The van der Waals surface area contributed by atoms with E-state index in [0.717, 1.165) is 16.3 Å². The molecule has 2 aromatic heterocycles. The van der Waals surface area contributed by atoms with Crippen LogP contribution in [-0.2, 0) is 13.1 Å². The van der Waals surface area contributed by atoms with E-state index in [0.29, 0.717) is 6.54 Å². The highest BCUT2D eigenvalue weighted by Crippen LogP contribution is 2.24. The fourth-order valence-corrected chi connectivity index (χ4v) is 2.14. The van der Waals surface area contributed by atoms with Crippen molar-refractivity contribution >= 4 is 11.3 Å². The molecule has 84 valence electrons. The molecular formula is C11H9N5S. The number of hydrogen-bond donors (Lipinski definition) is 0. The fourth-order valence-electron chi connectivity index (χ4n) is 1.45. The third-order valence-electron chi connectivity index (χ3n) is 2.17. The van der Waals surface area contributed by atoms with Gasteiger partial charge in [0.1, 0.15) is 12.2 Å². The molecule has 0 aliphatic rings. The fraction of sp³-hybridized carbons (Fsp3) is 0.182. The van der Waals surface area contributed by atoms with Gasteiger partial charge in [-0.1, -0.05) is 17.1 Å². The molecule has 0 saturated heterocycles. The first-order valence-corrected chi connectivity index (χ1v) is 5.78. The van der Waals surface area contributed by atoms with Gasteiger partial charge in [-0.2, -0.15) is 5.10 Å². The summed E-state index contributed by atoms with van der Waals surface area (Å²) >= 11 is 1.61. The van der Waals surface area contributed by atoms with Crippen LogP contribution < -0.4 is 0 Å². The van der Waals surface area contributed by atoms with Crippen LogP contribution in [-0.4, -0.2) is 9.78 Å². The van der Waals surface area contributed by atoms with Crippen molar-refractivity contribution in [1.82, 2.24) is 9.78 Å². The van der Waals surface area contributed by atoms with Crippen LogP contribution in [0, 0.1) is 12.3 Å². The zero-order valence-corrected chi connectivity index (χ0v) is 9.76. The molecule has 2 heterocycles. The lowest BCUT2D eigenvalue weighted by Gasteiger charge is -1.98. The van der Waals surface area contributed by atoms with Gasteiger partial charge in [-0.25, -0.2) is 0 Å². The maximum atomic E-state index is 8.33. The molecule has 0 amide bonds. The summed E-state index contributed by atoms with van der Waals surface area (Å²) < 4.78 is 1.68. The number of azide groups is 1. The average Bonchev–Trinajstić information content (AvgIpc) is 2.95. The van der Waals surface area contributed by atoms with Gasteiger partial charge in [0.25, 0.3) is 0 Å². The lowest BCUT2D eigenvalue weighted by molar-refractivity contribution is 0.670. The van der Waals surface area contributed by atoms with Crippen molar-refractivity contribution in [2.45, 2.75) is 13.1 Å². The molecule has 6 heteroatoms. The molecule has 0 unspecified atom stereocenters. The maximum Gasteiger partial charge on any atom is 0.103 e. The van der Waals surface area contributed by atoms with Crippen molar-refractivity contribution in [3.63, 3.8) is 0 Å². The summed E-state index contributed by atoms with van der Waals surface area (Å²) in [6.07, 6.45) is 5.27. The highest BCUT2D eigenvalue weighted by Gasteiger charge is 2.08. The van der Waals surface area contributed by atoms with E-state index in [1.807, 2.05) is 23.6 Å². The van der Waals surface area contributed by atoms with Crippen LogP contribution >= 0.6 is 11.3 Å². The lowest BCUT2D eigenvalue weighted by atomic mass is 10.3. The van der Waals surface area contributed by atoms with Crippen LogP contribution in [0.3, 0.4) is 0 Å². The Hall–Kier alpha value is -2.22. The lowest BCUT2D eigenvalue weighted by Crippen LogP contribution is -2.02. The summed E-state index contributed by atoms with van der Waals surface area (Å²) in [4.78, 5) is 3.81. The van der Waals surface area contributed by atoms with E-state index in [4.69, 9.17) is 12.0 Å². The van der Waals surface area contributed by atoms with Gasteiger partial charge in [0, 0.05) is 10.6 Å². The Balaban J connectivity index is 2.37. The Kier molecular flexibility index (Phi) is 3.46. The van der Waals surface area contributed by atoms with Gasteiger partial charge in [-0.3, -0.25) is 4.68 Å². The summed E-state index contributed by atoms with van der Waals surface area (Å²) in [6, 6.07) is 5.86. The molecular weight excluding hydrogens is 234 g/mol. The largest absolute Gasteiger partial charge is 0.257 e. The molecule has 0 N–H and O–H groups in total. The van der Waals surface area contributed by atoms with Gasteiger partial charge in [0.15, 0.2) is 0 Å². The predicted molar refractivity (Wildman–Crippen MR) is 67.2 cm³/mol. The van der Waals surface area contributed by atoms with Gasteiger partial charge in [0.2, 0.25) is 0 Å². The first-order valence-electron chi connectivity index (χ1n) is 4.90. The summed E-state index contributed by atoms with van der Waals surface area (Å²) in [5, 5.41) is 9.92. The molecule has 2 rings (SSSR count). The Morgan fingerprint density at radius 2 is 2.53 bits per heavy atom. The normalized spacial score (nSPS) is 9.59. The van der Waals surface area contributed by atoms with Crippen LogP contribution in [0.1, 0.15) is 5.69 Å². The molecule has 2 aromatic rings. The quantitative estimate of drug-likeness (QED) is 0.352. The highest BCUT2D eigenvalue weighted by molar-refractivity contribution is 7.13. The summed E-state index contributed by atoms with van der Waals surface area (Å²) in [5.74, 6) is 2.53. The van der Waals surface area contributed by atoms with Crippen LogP contribution in [0.15, 0.2) is 28.7 Å². The first-order chi connectivity index (χ1) is 8.35. The van der Waals surface area contributed by atoms with Crippen molar-refractivity contribution < 1.29 is 0 Å². The zero-order valence-electron chi connectivity index (χ0n) is 8.95. The Labute approximate surface area is 102 Å². The molecule has 0 spiro atoms. The first kappa shape index (κ1) is 11.3. The molecule has 0 bridgehead atoms. The topological polar surface area (TPSA) is 66.6 Å². The van der Waals surface area contributed by atoms with E-state index in [9.17, 15) is 0 Å².